The number of carbonyl (C=O) groups is 1. The van der Waals surface area contributed by atoms with Crippen LogP contribution in [-0.2, 0) is 14.8 Å². The molecule has 8 nitrogen and oxygen atoms in total. The topological polar surface area (TPSA) is 111 Å². The van der Waals surface area contributed by atoms with E-state index in [-0.39, 0.29) is 22.1 Å². The van der Waals surface area contributed by atoms with Crippen molar-refractivity contribution in [1.82, 2.24) is 10.1 Å². The van der Waals surface area contributed by atoms with E-state index in [9.17, 15) is 13.2 Å². The number of rotatable bonds is 7. The first kappa shape index (κ1) is 24.0. The molecule has 1 aliphatic carbocycles. The van der Waals surface area contributed by atoms with E-state index in [1.54, 1.807) is 55.6 Å². The second-order valence-corrected chi connectivity index (χ2v) is 10.6. The molecule has 5 rings (SSSR count). The zero-order chi connectivity index (χ0) is 25.4. The third-order valence-electron chi connectivity index (χ3n) is 6.07. The Hall–Kier alpha value is -3.69. The van der Waals surface area contributed by atoms with Crippen LogP contribution in [0.2, 0.25) is 5.02 Å². The van der Waals surface area contributed by atoms with E-state index < -0.39 is 16.0 Å². The number of pyridine rings is 1. The van der Waals surface area contributed by atoms with E-state index in [1.165, 1.54) is 19.4 Å². The number of methoxy groups -OCH3 is 1. The largest absolute Gasteiger partial charge is 0.465 e. The monoisotopic (exact) mass is 523 g/mol. The average Bonchev–Trinajstić information content (AvgIpc) is 3.64. The number of hydrogen-bond donors (Lipinski definition) is 1. The molecular formula is C26H22ClN3O5S. The van der Waals surface area contributed by atoms with Crippen LogP contribution in [-0.4, -0.2) is 31.6 Å². The van der Waals surface area contributed by atoms with Crippen LogP contribution >= 0.6 is 11.6 Å². The minimum atomic E-state index is -4.12. The van der Waals surface area contributed by atoms with Crippen molar-refractivity contribution in [1.29, 1.82) is 0 Å². The van der Waals surface area contributed by atoms with Crippen molar-refractivity contribution in [2.75, 3.05) is 11.8 Å². The zero-order valence-corrected chi connectivity index (χ0v) is 21.1. The lowest BCUT2D eigenvalue weighted by atomic mass is 10.0. The molecule has 1 aliphatic rings. The molecule has 0 radical (unpaired) electrons. The Bertz CT molecular complexity index is 1560. The van der Waals surface area contributed by atoms with Gasteiger partial charge in [0.1, 0.15) is 5.76 Å². The first-order valence-corrected chi connectivity index (χ1v) is 13.1. The second kappa shape index (κ2) is 9.40. The van der Waals surface area contributed by atoms with Crippen molar-refractivity contribution < 1.29 is 22.5 Å². The fourth-order valence-corrected chi connectivity index (χ4v) is 5.76. The van der Waals surface area contributed by atoms with Gasteiger partial charge in [0.2, 0.25) is 0 Å². The number of benzene rings is 2. The molecule has 0 spiro atoms. The second-order valence-electron chi connectivity index (χ2n) is 8.51. The highest BCUT2D eigenvalue weighted by atomic mass is 35.5. The van der Waals surface area contributed by atoms with E-state index >= 15 is 0 Å². The summed E-state index contributed by atoms with van der Waals surface area (Å²) < 4.78 is 40.3. The van der Waals surface area contributed by atoms with Gasteiger partial charge in [0, 0.05) is 27.9 Å². The molecule has 1 fully saturated rings. The maximum Gasteiger partial charge on any atom is 0.337 e. The number of sulfonamides is 1. The smallest absolute Gasteiger partial charge is 0.337 e. The highest BCUT2D eigenvalue weighted by Gasteiger charge is 2.32. The predicted molar refractivity (Wildman–Crippen MR) is 135 cm³/mol. The Balaban J connectivity index is 1.66. The van der Waals surface area contributed by atoms with Crippen LogP contribution in [0.4, 0.5) is 5.69 Å². The summed E-state index contributed by atoms with van der Waals surface area (Å²) in [6.07, 6.45) is 4.92. The lowest BCUT2D eigenvalue weighted by Gasteiger charge is -2.17. The van der Waals surface area contributed by atoms with Gasteiger partial charge in [0.05, 0.1) is 35.1 Å². The lowest BCUT2D eigenvalue weighted by Crippen LogP contribution is -2.17. The molecule has 0 bridgehead atoms. The van der Waals surface area contributed by atoms with Gasteiger partial charge in [-0.2, -0.15) is 0 Å². The quantitative estimate of drug-likeness (QED) is 0.303. The highest BCUT2D eigenvalue weighted by molar-refractivity contribution is 7.92. The summed E-state index contributed by atoms with van der Waals surface area (Å²) >= 11 is 6.62. The number of anilines is 1. The molecular weight excluding hydrogens is 502 g/mol. The van der Waals surface area contributed by atoms with Gasteiger partial charge in [-0.1, -0.05) is 28.9 Å². The minimum Gasteiger partial charge on any atom is -0.465 e. The van der Waals surface area contributed by atoms with Gasteiger partial charge < -0.3 is 9.26 Å². The predicted octanol–water partition coefficient (Wildman–Crippen LogP) is 5.83. The van der Waals surface area contributed by atoms with Crippen LogP contribution in [0, 0.1) is 6.92 Å². The van der Waals surface area contributed by atoms with Gasteiger partial charge in [-0.15, -0.1) is 0 Å². The highest BCUT2D eigenvalue weighted by Crippen LogP contribution is 2.44. The maximum atomic E-state index is 13.8. The van der Waals surface area contributed by atoms with Crippen molar-refractivity contribution in [3.63, 3.8) is 0 Å². The number of nitrogens with zero attached hydrogens (tertiary/aromatic N) is 2. The number of ether oxygens (including phenoxy) is 1. The molecule has 0 atom stereocenters. The summed E-state index contributed by atoms with van der Waals surface area (Å²) in [5, 5.41) is 4.20. The van der Waals surface area contributed by atoms with Crippen molar-refractivity contribution in [3.8, 4) is 22.4 Å². The van der Waals surface area contributed by atoms with E-state index in [0.29, 0.717) is 38.7 Å². The molecule has 0 amide bonds. The molecule has 0 aliphatic heterocycles. The fraction of sp³-hybridized carbons (Fsp3) is 0.192. The molecule has 2 aromatic heterocycles. The Morgan fingerprint density at radius 3 is 2.56 bits per heavy atom. The van der Waals surface area contributed by atoms with E-state index in [1.807, 2.05) is 0 Å². The third kappa shape index (κ3) is 4.59. The van der Waals surface area contributed by atoms with Gasteiger partial charge in [-0.3, -0.25) is 9.71 Å². The molecule has 36 heavy (non-hydrogen) atoms. The summed E-state index contributed by atoms with van der Waals surface area (Å²) in [6, 6.07) is 13.3. The van der Waals surface area contributed by atoms with E-state index in [0.717, 1.165) is 12.8 Å². The normalized spacial score (nSPS) is 13.4. The van der Waals surface area contributed by atoms with Gasteiger partial charge >= 0.3 is 5.97 Å². The molecule has 1 N–H and O–H groups in total. The summed E-state index contributed by atoms with van der Waals surface area (Å²) in [5.41, 5.74) is 3.33. The first-order chi connectivity index (χ1) is 17.3. The molecule has 10 heteroatoms. The lowest BCUT2D eigenvalue weighted by molar-refractivity contribution is 0.0600. The fourth-order valence-electron chi connectivity index (χ4n) is 4.10. The van der Waals surface area contributed by atoms with Crippen molar-refractivity contribution in [2.24, 2.45) is 0 Å². The molecule has 0 saturated heterocycles. The molecule has 2 heterocycles. The van der Waals surface area contributed by atoms with Gasteiger partial charge in [0.25, 0.3) is 10.0 Å². The first-order valence-electron chi connectivity index (χ1n) is 11.2. The van der Waals surface area contributed by atoms with Gasteiger partial charge in [-0.05, 0) is 67.6 Å². The SMILES string of the molecule is COC(=O)c1ccc(C2CC2)c(S(=O)(=O)Nc2cc(-c3cnoc3C)c(Cl)cc2-c2ccccn2)c1. The van der Waals surface area contributed by atoms with Crippen LogP contribution in [0.3, 0.4) is 0 Å². The molecule has 1 saturated carbocycles. The summed E-state index contributed by atoms with van der Waals surface area (Å²) in [6.45, 7) is 1.75. The van der Waals surface area contributed by atoms with E-state index in [2.05, 4.69) is 14.9 Å². The van der Waals surface area contributed by atoms with Crippen molar-refractivity contribution in [3.05, 3.63) is 82.8 Å². The Morgan fingerprint density at radius 2 is 1.92 bits per heavy atom. The summed E-state index contributed by atoms with van der Waals surface area (Å²) in [7, 11) is -2.87. The van der Waals surface area contributed by atoms with Crippen LogP contribution in [0.1, 0.15) is 40.4 Å². The van der Waals surface area contributed by atoms with Crippen molar-refractivity contribution >= 4 is 33.3 Å². The van der Waals surface area contributed by atoms with Gasteiger partial charge in [0.15, 0.2) is 0 Å². The number of hydrogen-bond acceptors (Lipinski definition) is 7. The molecule has 4 aromatic rings. The number of nitrogens with one attached hydrogen (secondary N) is 1. The number of carbonyl (C=O) groups excluding carboxylic acids is 1. The van der Waals surface area contributed by atoms with E-state index in [4.69, 9.17) is 20.9 Å². The Labute approximate surface area is 213 Å². The Kier molecular flexibility index (Phi) is 6.27. The number of aromatic nitrogens is 2. The molecule has 0 unspecified atom stereocenters. The number of aryl methyl sites for hydroxylation is 1. The van der Waals surface area contributed by atoms with Crippen LogP contribution < -0.4 is 4.72 Å². The standard InChI is InChI=1S/C26H22ClN3O5S/c1-15-21(14-29-35-15)19-13-24(20(12-22(19)27)23-5-3-4-10-28-23)30-36(32,33)25-11-17(26(31)34-2)8-9-18(25)16-6-7-16/h3-5,8-14,16,30H,6-7H2,1-2H3. The van der Waals surface area contributed by atoms with Gasteiger partial charge in [-0.25, -0.2) is 13.2 Å². The minimum absolute atomic E-state index is 0.0394. The zero-order valence-electron chi connectivity index (χ0n) is 19.5. The number of halogens is 1. The third-order valence-corrected chi connectivity index (χ3v) is 7.81. The van der Waals surface area contributed by atoms with Crippen LogP contribution in [0.25, 0.3) is 22.4 Å². The molecule has 184 valence electrons. The Morgan fingerprint density at radius 1 is 1.11 bits per heavy atom. The summed E-state index contributed by atoms with van der Waals surface area (Å²) in [4.78, 5) is 16.6. The van der Waals surface area contributed by atoms with Crippen LogP contribution in [0.5, 0.6) is 0 Å². The average molecular weight is 524 g/mol. The summed E-state index contributed by atoms with van der Waals surface area (Å²) in [5.74, 6) is 0.0525. The van der Waals surface area contributed by atoms with Crippen molar-refractivity contribution in [2.45, 2.75) is 30.6 Å². The maximum absolute atomic E-state index is 13.8. The number of esters is 1. The molecule has 2 aromatic carbocycles. The van der Waals surface area contributed by atoms with Crippen LogP contribution in [0.15, 0.2) is 70.3 Å².